The molecule has 2 heterocycles. The number of carbonyl (C=O) groups excluding carboxylic acids is 2. The number of carbonyl (C=O) groups is 2. The highest BCUT2D eigenvalue weighted by Gasteiger charge is 2.18. The highest BCUT2D eigenvalue weighted by atomic mass is 19.1. The number of anilines is 2. The van der Waals surface area contributed by atoms with Crippen LogP contribution in [0.4, 0.5) is 20.6 Å². The zero-order valence-electron chi connectivity index (χ0n) is 19.7. The molecule has 10 nitrogen and oxygen atoms in total. The number of halogens is 1. The van der Waals surface area contributed by atoms with Gasteiger partial charge in [-0.1, -0.05) is 6.07 Å². The molecule has 190 valence electrons. The molecule has 0 saturated carbocycles. The molecular weight excluding hydrogens is 481 g/mol. The molecule has 0 fully saturated rings. The Labute approximate surface area is 211 Å². The number of nitrogens with one attached hydrogen (secondary N) is 3. The first-order valence-corrected chi connectivity index (χ1v) is 11.3. The average Bonchev–Trinajstić information content (AvgIpc) is 3.28. The van der Waals surface area contributed by atoms with Crippen LogP contribution >= 0.6 is 0 Å². The number of esters is 1. The minimum atomic E-state index is -0.647. The average molecular weight is 506 g/mol. The Hall–Kier alpha value is -4.90. The van der Waals surface area contributed by atoms with Crippen molar-refractivity contribution in [2.45, 2.75) is 13.5 Å². The van der Waals surface area contributed by atoms with Crippen molar-refractivity contribution in [3.05, 3.63) is 83.8 Å². The zero-order valence-corrected chi connectivity index (χ0v) is 19.7. The molecule has 2 amide bonds. The number of rotatable bonds is 8. The first kappa shape index (κ1) is 25.2. The lowest BCUT2D eigenvalue weighted by molar-refractivity contribution is 0.0523. The smallest absolute Gasteiger partial charge is 0.343 e. The van der Waals surface area contributed by atoms with Gasteiger partial charge in [0.25, 0.3) is 0 Å². The Morgan fingerprint density at radius 2 is 1.84 bits per heavy atom. The van der Waals surface area contributed by atoms with Crippen molar-refractivity contribution in [2.24, 2.45) is 5.73 Å². The molecule has 11 heteroatoms. The van der Waals surface area contributed by atoms with Crippen LogP contribution in [0.1, 0.15) is 22.8 Å². The molecule has 2 aromatic carbocycles. The number of aromatic nitrogens is 2. The quantitative estimate of drug-likeness (QED) is 0.212. The fourth-order valence-electron chi connectivity index (χ4n) is 3.39. The molecule has 4 rings (SSSR count). The molecule has 4 aromatic rings. The van der Waals surface area contributed by atoms with Crippen LogP contribution in [0.15, 0.2) is 66.9 Å². The van der Waals surface area contributed by atoms with Crippen molar-refractivity contribution < 1.29 is 28.6 Å². The number of hydrogen-bond acceptors (Lipinski definition) is 7. The Kier molecular flexibility index (Phi) is 7.65. The first-order valence-electron chi connectivity index (χ1n) is 11.3. The summed E-state index contributed by atoms with van der Waals surface area (Å²) in [6.07, 6.45) is 1.52. The van der Waals surface area contributed by atoms with Gasteiger partial charge in [-0.15, -0.1) is 0 Å². The SMILES string of the molecule is CCOC(=O)c1cc(-c2cc(Oc3ccc(NC(=O)Nc4cc(CN)ccc4F)cc3)ccn2)[nH]c1O. The van der Waals surface area contributed by atoms with Gasteiger partial charge in [0, 0.05) is 24.5 Å². The normalized spacial score (nSPS) is 10.6. The molecule has 0 radical (unpaired) electrons. The van der Waals surface area contributed by atoms with E-state index in [1.807, 2.05) is 0 Å². The van der Waals surface area contributed by atoms with Crippen LogP contribution in [0.5, 0.6) is 17.4 Å². The summed E-state index contributed by atoms with van der Waals surface area (Å²) in [6.45, 7) is 2.08. The molecular formula is C26H24FN5O5. The van der Waals surface area contributed by atoms with E-state index >= 15 is 0 Å². The topological polar surface area (TPSA) is 152 Å². The van der Waals surface area contributed by atoms with E-state index in [2.05, 4.69) is 20.6 Å². The molecule has 0 saturated heterocycles. The van der Waals surface area contributed by atoms with Crippen LogP contribution in [0.25, 0.3) is 11.4 Å². The van der Waals surface area contributed by atoms with Crippen molar-refractivity contribution >= 4 is 23.4 Å². The first-order chi connectivity index (χ1) is 17.9. The minimum Gasteiger partial charge on any atom is -0.494 e. The lowest BCUT2D eigenvalue weighted by atomic mass is 10.2. The predicted molar refractivity (Wildman–Crippen MR) is 135 cm³/mol. The number of urea groups is 1. The van der Waals surface area contributed by atoms with Gasteiger partial charge in [-0.05, 0) is 61.0 Å². The molecule has 37 heavy (non-hydrogen) atoms. The van der Waals surface area contributed by atoms with E-state index in [1.165, 1.54) is 24.4 Å². The van der Waals surface area contributed by atoms with E-state index in [0.717, 1.165) is 0 Å². The monoisotopic (exact) mass is 505 g/mol. The Balaban J connectivity index is 1.40. The maximum atomic E-state index is 14.0. The molecule has 0 aliphatic carbocycles. The molecule has 0 atom stereocenters. The number of ether oxygens (including phenoxy) is 2. The van der Waals surface area contributed by atoms with E-state index in [1.54, 1.807) is 49.4 Å². The van der Waals surface area contributed by atoms with Crippen LogP contribution in [-0.2, 0) is 11.3 Å². The predicted octanol–water partition coefficient (Wildman–Crippen LogP) is 4.99. The Morgan fingerprint density at radius 3 is 2.57 bits per heavy atom. The standard InChI is InChI=1S/C26H24FN5O5/c1-2-36-25(34)19-13-23(31-24(19)33)22-12-18(9-10-29-22)37-17-6-4-16(5-7-17)30-26(35)32-21-11-15(14-28)3-8-20(21)27/h3-13,31,33H,2,14,28H2,1H3,(H2,30,32,35). The molecule has 0 unspecified atom stereocenters. The van der Waals surface area contributed by atoms with E-state index in [-0.39, 0.29) is 30.3 Å². The van der Waals surface area contributed by atoms with Crippen molar-refractivity contribution in [3.8, 4) is 28.8 Å². The summed E-state index contributed by atoms with van der Waals surface area (Å²) in [5.74, 6) is -0.605. The lowest BCUT2D eigenvalue weighted by Crippen LogP contribution is -2.20. The second kappa shape index (κ2) is 11.2. The molecule has 0 spiro atoms. The van der Waals surface area contributed by atoms with Crippen LogP contribution in [0, 0.1) is 5.82 Å². The summed E-state index contributed by atoms with van der Waals surface area (Å²) >= 11 is 0. The second-order valence-corrected chi connectivity index (χ2v) is 7.77. The minimum absolute atomic E-state index is 0.00641. The van der Waals surface area contributed by atoms with Crippen LogP contribution in [0.3, 0.4) is 0 Å². The maximum absolute atomic E-state index is 14.0. The fraction of sp³-hybridized carbons (Fsp3) is 0.115. The number of pyridine rings is 1. The molecule has 0 bridgehead atoms. The van der Waals surface area contributed by atoms with Gasteiger partial charge in [-0.25, -0.2) is 14.0 Å². The Bertz CT molecular complexity index is 1420. The number of nitrogens with two attached hydrogens (primary N) is 1. The number of aromatic hydroxyl groups is 1. The van der Waals surface area contributed by atoms with Crippen LogP contribution in [-0.4, -0.2) is 33.7 Å². The van der Waals surface area contributed by atoms with Gasteiger partial charge in [0.2, 0.25) is 5.88 Å². The summed E-state index contributed by atoms with van der Waals surface area (Å²) < 4.78 is 24.7. The number of hydrogen-bond donors (Lipinski definition) is 5. The number of aromatic amines is 1. The number of amides is 2. The number of nitrogens with zero attached hydrogens (tertiary/aromatic N) is 1. The van der Waals surface area contributed by atoms with Gasteiger partial charge < -0.3 is 35.9 Å². The van der Waals surface area contributed by atoms with E-state index in [4.69, 9.17) is 15.2 Å². The third-order valence-corrected chi connectivity index (χ3v) is 5.16. The Morgan fingerprint density at radius 1 is 1.05 bits per heavy atom. The van der Waals surface area contributed by atoms with E-state index in [0.29, 0.717) is 34.1 Å². The number of H-pyrrole nitrogens is 1. The highest BCUT2D eigenvalue weighted by molar-refractivity contribution is 6.00. The van der Waals surface area contributed by atoms with Crippen molar-refractivity contribution in [2.75, 3.05) is 17.2 Å². The van der Waals surface area contributed by atoms with Crippen molar-refractivity contribution in [3.63, 3.8) is 0 Å². The third kappa shape index (κ3) is 6.21. The molecule has 6 N–H and O–H groups in total. The van der Waals surface area contributed by atoms with Gasteiger partial charge in [-0.3, -0.25) is 4.98 Å². The van der Waals surface area contributed by atoms with Crippen molar-refractivity contribution in [1.29, 1.82) is 0 Å². The van der Waals surface area contributed by atoms with Gasteiger partial charge >= 0.3 is 12.0 Å². The second-order valence-electron chi connectivity index (χ2n) is 7.77. The summed E-state index contributed by atoms with van der Waals surface area (Å²) in [7, 11) is 0. The van der Waals surface area contributed by atoms with Gasteiger partial charge in [0.05, 0.1) is 23.7 Å². The van der Waals surface area contributed by atoms with E-state index < -0.39 is 17.8 Å². The summed E-state index contributed by atoms with van der Waals surface area (Å²) in [4.78, 5) is 31.2. The lowest BCUT2D eigenvalue weighted by Gasteiger charge is -2.11. The van der Waals surface area contributed by atoms with Crippen LogP contribution < -0.4 is 21.1 Å². The molecule has 2 aromatic heterocycles. The number of benzene rings is 2. The van der Waals surface area contributed by atoms with Crippen molar-refractivity contribution in [1.82, 2.24) is 9.97 Å². The summed E-state index contributed by atoms with van der Waals surface area (Å²) in [5.41, 5.74) is 7.59. The molecule has 0 aliphatic heterocycles. The largest absolute Gasteiger partial charge is 0.494 e. The zero-order chi connectivity index (χ0) is 26.4. The van der Waals surface area contributed by atoms with E-state index in [9.17, 15) is 19.1 Å². The van der Waals surface area contributed by atoms with Gasteiger partial charge in [-0.2, -0.15) is 0 Å². The van der Waals surface area contributed by atoms with Gasteiger partial charge in [0.1, 0.15) is 22.9 Å². The fourth-order valence-corrected chi connectivity index (χ4v) is 3.39. The van der Waals surface area contributed by atoms with Gasteiger partial charge in [0.15, 0.2) is 0 Å². The summed E-state index contributed by atoms with van der Waals surface area (Å²) in [5, 5.41) is 15.1. The highest BCUT2D eigenvalue weighted by Crippen LogP contribution is 2.29. The summed E-state index contributed by atoms with van der Waals surface area (Å²) in [6, 6.07) is 14.9. The maximum Gasteiger partial charge on any atom is 0.343 e. The van der Waals surface area contributed by atoms with Crippen LogP contribution in [0.2, 0.25) is 0 Å². The third-order valence-electron chi connectivity index (χ3n) is 5.16. The molecule has 0 aliphatic rings.